The van der Waals surface area contributed by atoms with Crippen LogP contribution in [0.4, 0.5) is 0 Å². The van der Waals surface area contributed by atoms with Crippen LogP contribution in [-0.4, -0.2) is 67.8 Å². The van der Waals surface area contributed by atoms with Crippen molar-refractivity contribution in [3.8, 4) is 0 Å². The minimum Gasteiger partial charge on any atom is -0.370 e. The van der Waals surface area contributed by atoms with E-state index >= 15 is 0 Å². The fourth-order valence-corrected chi connectivity index (χ4v) is 2.51. The molecule has 0 aliphatic carbocycles. The van der Waals surface area contributed by atoms with E-state index in [4.69, 9.17) is 20.9 Å². The van der Waals surface area contributed by atoms with Crippen LogP contribution in [-0.2, 0) is 28.7 Å². The van der Waals surface area contributed by atoms with Gasteiger partial charge in [0.1, 0.15) is 0 Å². The van der Waals surface area contributed by atoms with E-state index in [2.05, 4.69) is 16.0 Å². The van der Waals surface area contributed by atoms with Gasteiger partial charge in [-0.25, -0.2) is 0 Å². The van der Waals surface area contributed by atoms with E-state index in [1.807, 2.05) is 0 Å². The van der Waals surface area contributed by atoms with Gasteiger partial charge in [0.15, 0.2) is 18.0 Å². The number of nitrogens with two attached hydrogens (primary N) is 2. The summed E-state index contributed by atoms with van der Waals surface area (Å²) in [5, 5.41) is 7.96. The molecule has 11 heteroatoms. The van der Waals surface area contributed by atoms with Gasteiger partial charge in [-0.2, -0.15) is 0 Å². The van der Waals surface area contributed by atoms with Gasteiger partial charge in [-0.3, -0.25) is 19.2 Å². The lowest BCUT2D eigenvalue weighted by atomic mass is 10.1. The molecular formula is C17H31N5O6. The molecule has 28 heavy (non-hydrogen) atoms. The van der Waals surface area contributed by atoms with Crippen molar-refractivity contribution in [2.45, 2.75) is 57.5 Å². The molecule has 0 radical (unpaired) electrons. The van der Waals surface area contributed by atoms with Gasteiger partial charge in [-0.15, -0.1) is 0 Å². The van der Waals surface area contributed by atoms with Crippen LogP contribution in [0.25, 0.3) is 0 Å². The quantitative estimate of drug-likeness (QED) is 0.232. The Morgan fingerprint density at radius 3 is 1.86 bits per heavy atom. The summed E-state index contributed by atoms with van der Waals surface area (Å²) in [5.74, 6) is -2.78. The number of ether oxygens (including phenoxy) is 2. The highest BCUT2D eigenvalue weighted by atomic mass is 16.8. The molecule has 1 saturated heterocycles. The maximum Gasteiger partial charge on any atom is 0.252 e. The Balaban J connectivity index is 2.38. The van der Waals surface area contributed by atoms with Crippen LogP contribution in [0.2, 0.25) is 0 Å². The summed E-state index contributed by atoms with van der Waals surface area (Å²) < 4.78 is 11.1. The maximum absolute atomic E-state index is 12.4. The minimum atomic E-state index is -1.07. The predicted molar refractivity (Wildman–Crippen MR) is 99.6 cm³/mol. The van der Waals surface area contributed by atoms with Crippen molar-refractivity contribution in [3.63, 3.8) is 0 Å². The van der Waals surface area contributed by atoms with Crippen LogP contribution in [0.15, 0.2) is 0 Å². The molecule has 0 aromatic carbocycles. The lowest BCUT2D eigenvalue weighted by Gasteiger charge is -2.16. The zero-order chi connectivity index (χ0) is 21.2. The zero-order valence-corrected chi connectivity index (χ0v) is 16.4. The van der Waals surface area contributed by atoms with Crippen LogP contribution < -0.4 is 27.4 Å². The molecule has 0 saturated carbocycles. The van der Waals surface area contributed by atoms with Gasteiger partial charge in [-0.05, 0) is 33.2 Å². The summed E-state index contributed by atoms with van der Waals surface area (Å²) in [4.78, 5) is 46.7. The monoisotopic (exact) mass is 401 g/mol. The number of hydrogen-bond donors (Lipinski definition) is 5. The number of amides is 4. The summed E-state index contributed by atoms with van der Waals surface area (Å²) >= 11 is 0. The Morgan fingerprint density at radius 1 is 0.857 bits per heavy atom. The van der Waals surface area contributed by atoms with Gasteiger partial charge < -0.3 is 36.9 Å². The smallest absolute Gasteiger partial charge is 0.252 e. The first kappa shape index (κ1) is 23.8. The van der Waals surface area contributed by atoms with E-state index in [1.54, 1.807) is 13.8 Å². The highest BCUT2D eigenvalue weighted by Gasteiger charge is 2.48. The minimum absolute atomic E-state index is 0.00783. The van der Waals surface area contributed by atoms with Gasteiger partial charge in [0, 0.05) is 32.5 Å². The van der Waals surface area contributed by atoms with E-state index in [-0.39, 0.29) is 25.3 Å². The van der Waals surface area contributed by atoms with Crippen molar-refractivity contribution >= 4 is 23.6 Å². The first-order valence-corrected chi connectivity index (χ1v) is 9.32. The van der Waals surface area contributed by atoms with Crippen LogP contribution in [0.5, 0.6) is 0 Å². The molecule has 0 unspecified atom stereocenters. The first-order chi connectivity index (χ1) is 13.2. The average Bonchev–Trinajstić information content (AvgIpc) is 2.95. The molecule has 11 nitrogen and oxygen atoms in total. The van der Waals surface area contributed by atoms with Crippen molar-refractivity contribution < 1.29 is 28.7 Å². The summed E-state index contributed by atoms with van der Waals surface area (Å²) in [6.07, 6.45) is -1.01. The number of carbonyl (C=O) groups excluding carboxylic acids is 4. The van der Waals surface area contributed by atoms with Crippen molar-refractivity contribution in [1.82, 2.24) is 16.0 Å². The van der Waals surface area contributed by atoms with E-state index in [9.17, 15) is 19.2 Å². The Hall–Kier alpha value is -2.24. The second-order valence-corrected chi connectivity index (χ2v) is 6.87. The van der Waals surface area contributed by atoms with E-state index < -0.39 is 35.7 Å². The molecule has 0 spiro atoms. The van der Waals surface area contributed by atoms with E-state index in [0.717, 1.165) is 0 Å². The first-order valence-electron chi connectivity index (χ1n) is 9.32. The van der Waals surface area contributed by atoms with Crippen LogP contribution in [0, 0.1) is 0 Å². The highest BCUT2D eigenvalue weighted by molar-refractivity contribution is 5.91. The molecule has 0 bridgehead atoms. The molecule has 1 heterocycles. The zero-order valence-electron chi connectivity index (χ0n) is 16.4. The van der Waals surface area contributed by atoms with Gasteiger partial charge in [0.25, 0.3) is 11.8 Å². The molecule has 1 rings (SSSR count). The third-order valence-corrected chi connectivity index (χ3v) is 3.87. The SMILES string of the molecule is CC1(C)O[C@@H](C(=O)NCCCN)[C@H](C(=O)NCCCNC(=O)CCC(N)=O)O1. The Labute approximate surface area is 164 Å². The molecule has 1 aliphatic heterocycles. The second kappa shape index (κ2) is 11.6. The summed E-state index contributed by atoms with van der Waals surface area (Å²) in [7, 11) is 0. The van der Waals surface area contributed by atoms with E-state index in [0.29, 0.717) is 32.5 Å². The molecule has 1 fully saturated rings. The number of carbonyl (C=O) groups is 4. The molecule has 0 aromatic rings. The highest BCUT2D eigenvalue weighted by Crippen LogP contribution is 2.28. The Morgan fingerprint density at radius 2 is 1.36 bits per heavy atom. The molecule has 160 valence electrons. The Bertz CT molecular complexity index is 568. The number of nitrogens with one attached hydrogen (secondary N) is 3. The molecule has 4 amide bonds. The molecular weight excluding hydrogens is 370 g/mol. The Kier molecular flexibility index (Phi) is 9.83. The predicted octanol–water partition coefficient (Wildman–Crippen LogP) is -2.14. The third kappa shape index (κ3) is 8.63. The number of primary amides is 1. The number of rotatable bonds is 12. The summed E-state index contributed by atoms with van der Waals surface area (Å²) in [5.41, 5.74) is 10.4. The van der Waals surface area contributed by atoms with Crippen molar-refractivity contribution in [2.24, 2.45) is 11.5 Å². The number of hydrogen-bond acceptors (Lipinski definition) is 7. The van der Waals surface area contributed by atoms with Crippen molar-refractivity contribution in [2.75, 3.05) is 26.2 Å². The third-order valence-electron chi connectivity index (χ3n) is 3.87. The van der Waals surface area contributed by atoms with Gasteiger partial charge >= 0.3 is 0 Å². The summed E-state index contributed by atoms with van der Waals surface area (Å²) in [6, 6.07) is 0. The van der Waals surface area contributed by atoms with Crippen LogP contribution in [0.3, 0.4) is 0 Å². The molecule has 7 N–H and O–H groups in total. The lowest BCUT2D eigenvalue weighted by Crippen LogP contribution is -2.48. The van der Waals surface area contributed by atoms with E-state index in [1.165, 1.54) is 0 Å². The lowest BCUT2D eigenvalue weighted by molar-refractivity contribution is -0.159. The molecule has 2 atom stereocenters. The van der Waals surface area contributed by atoms with Crippen molar-refractivity contribution in [1.29, 1.82) is 0 Å². The molecule has 1 aliphatic rings. The molecule has 0 aromatic heterocycles. The largest absolute Gasteiger partial charge is 0.370 e. The fraction of sp³-hybridized carbons (Fsp3) is 0.765. The van der Waals surface area contributed by atoms with Gasteiger partial charge in [-0.1, -0.05) is 0 Å². The standard InChI is InChI=1S/C17H31N5O6/c1-17(2)27-13(15(25)21-8-3-7-18)14(28-17)16(26)22-10-4-9-20-12(24)6-5-11(19)23/h13-14H,3-10,18H2,1-2H3,(H2,19,23)(H,20,24)(H,21,25)(H,22,26)/t13-,14-/m1/s1. The average molecular weight is 401 g/mol. The summed E-state index contributed by atoms with van der Waals surface area (Å²) in [6.45, 7) is 4.69. The maximum atomic E-state index is 12.4. The van der Waals surface area contributed by atoms with Crippen molar-refractivity contribution in [3.05, 3.63) is 0 Å². The van der Waals surface area contributed by atoms with Crippen LogP contribution in [0.1, 0.15) is 39.5 Å². The normalized spacial score (nSPS) is 20.4. The topological polar surface area (TPSA) is 175 Å². The van der Waals surface area contributed by atoms with Crippen LogP contribution >= 0.6 is 0 Å². The van der Waals surface area contributed by atoms with Gasteiger partial charge in [0.05, 0.1) is 0 Å². The van der Waals surface area contributed by atoms with Gasteiger partial charge in [0.2, 0.25) is 11.8 Å². The second-order valence-electron chi connectivity index (χ2n) is 6.87. The fourth-order valence-electron chi connectivity index (χ4n) is 2.51.